The van der Waals surface area contributed by atoms with Crippen molar-refractivity contribution in [3.8, 4) is 5.75 Å². The van der Waals surface area contributed by atoms with Crippen molar-refractivity contribution in [1.29, 1.82) is 0 Å². The van der Waals surface area contributed by atoms with Gasteiger partial charge in [0.1, 0.15) is 12.4 Å². The molecule has 0 unspecified atom stereocenters. The van der Waals surface area contributed by atoms with Crippen LogP contribution in [0.1, 0.15) is 15.3 Å². The van der Waals surface area contributed by atoms with Gasteiger partial charge in [0.05, 0.1) is 0 Å². The van der Waals surface area contributed by atoms with Crippen LogP contribution in [0.3, 0.4) is 0 Å². The standard InChI is InChI=1S/C17H16BrNOS/c1-11-14(8-17(9-19)21-11)10-20-16-5-3-12-6-15(18)4-2-13(12)7-16/h2-8H,9-10,19H2,1H3. The average molecular weight is 362 g/mol. The summed E-state index contributed by atoms with van der Waals surface area (Å²) in [4.78, 5) is 2.48. The van der Waals surface area contributed by atoms with Gasteiger partial charge in [0, 0.05) is 26.3 Å². The molecule has 21 heavy (non-hydrogen) atoms. The van der Waals surface area contributed by atoms with Gasteiger partial charge in [0.15, 0.2) is 0 Å². The first-order valence-corrected chi connectivity index (χ1v) is 8.37. The molecule has 0 aliphatic heterocycles. The van der Waals surface area contributed by atoms with E-state index in [1.165, 1.54) is 26.1 Å². The maximum absolute atomic E-state index is 5.92. The van der Waals surface area contributed by atoms with Crippen molar-refractivity contribution < 1.29 is 4.74 Å². The van der Waals surface area contributed by atoms with Crippen LogP contribution in [-0.2, 0) is 13.2 Å². The maximum Gasteiger partial charge on any atom is 0.120 e. The number of fused-ring (bicyclic) bond motifs is 1. The van der Waals surface area contributed by atoms with Gasteiger partial charge < -0.3 is 10.5 Å². The first-order valence-electron chi connectivity index (χ1n) is 6.76. The van der Waals surface area contributed by atoms with Crippen LogP contribution in [0.25, 0.3) is 10.8 Å². The molecule has 3 aromatic rings. The van der Waals surface area contributed by atoms with Crippen LogP contribution < -0.4 is 10.5 Å². The Kier molecular flexibility index (Phi) is 4.29. The Balaban J connectivity index is 1.78. The van der Waals surface area contributed by atoms with Gasteiger partial charge >= 0.3 is 0 Å². The van der Waals surface area contributed by atoms with E-state index in [0.29, 0.717) is 13.2 Å². The molecule has 2 N–H and O–H groups in total. The molecule has 0 aliphatic carbocycles. The number of hydrogen-bond acceptors (Lipinski definition) is 3. The molecule has 1 heterocycles. The highest BCUT2D eigenvalue weighted by Gasteiger charge is 2.06. The molecule has 0 spiro atoms. The highest BCUT2D eigenvalue weighted by atomic mass is 79.9. The second kappa shape index (κ2) is 6.18. The van der Waals surface area contributed by atoms with Gasteiger partial charge in [0.2, 0.25) is 0 Å². The largest absolute Gasteiger partial charge is 0.489 e. The maximum atomic E-state index is 5.92. The molecule has 4 heteroatoms. The van der Waals surface area contributed by atoms with E-state index in [4.69, 9.17) is 10.5 Å². The third-order valence-corrected chi connectivity index (χ3v) is 5.05. The second-order valence-corrected chi connectivity index (χ2v) is 7.20. The lowest BCUT2D eigenvalue weighted by Crippen LogP contribution is -1.96. The summed E-state index contributed by atoms with van der Waals surface area (Å²) < 4.78 is 7.01. The summed E-state index contributed by atoms with van der Waals surface area (Å²) in [7, 11) is 0. The number of benzene rings is 2. The Morgan fingerprint density at radius 1 is 1.10 bits per heavy atom. The summed E-state index contributed by atoms with van der Waals surface area (Å²) in [5, 5.41) is 2.38. The van der Waals surface area contributed by atoms with E-state index < -0.39 is 0 Å². The predicted molar refractivity (Wildman–Crippen MR) is 92.9 cm³/mol. The van der Waals surface area contributed by atoms with E-state index in [1.807, 2.05) is 12.1 Å². The average Bonchev–Trinajstić information content (AvgIpc) is 2.85. The lowest BCUT2D eigenvalue weighted by Gasteiger charge is -2.07. The molecule has 3 rings (SSSR count). The molecule has 108 valence electrons. The van der Waals surface area contributed by atoms with E-state index in [-0.39, 0.29) is 0 Å². The Morgan fingerprint density at radius 3 is 2.62 bits per heavy atom. The summed E-state index contributed by atoms with van der Waals surface area (Å²) in [6.45, 7) is 3.29. The van der Waals surface area contributed by atoms with Crippen LogP contribution in [0.2, 0.25) is 0 Å². The minimum absolute atomic E-state index is 0.588. The van der Waals surface area contributed by atoms with Gasteiger partial charge in [-0.3, -0.25) is 0 Å². The molecule has 0 atom stereocenters. The third-order valence-electron chi connectivity index (χ3n) is 3.44. The van der Waals surface area contributed by atoms with E-state index >= 15 is 0 Å². The van der Waals surface area contributed by atoms with E-state index in [1.54, 1.807) is 11.3 Å². The molecule has 2 aromatic carbocycles. The zero-order valence-electron chi connectivity index (χ0n) is 11.7. The number of rotatable bonds is 4. The Bertz CT molecular complexity index is 782. The minimum atomic E-state index is 0.588. The zero-order valence-corrected chi connectivity index (χ0v) is 14.1. The van der Waals surface area contributed by atoms with Gasteiger partial charge in [0.25, 0.3) is 0 Å². The van der Waals surface area contributed by atoms with Crippen LogP contribution >= 0.6 is 27.3 Å². The van der Waals surface area contributed by atoms with Crippen molar-refractivity contribution in [1.82, 2.24) is 0 Å². The van der Waals surface area contributed by atoms with Crippen molar-refractivity contribution in [2.45, 2.75) is 20.1 Å². The minimum Gasteiger partial charge on any atom is -0.489 e. The lowest BCUT2D eigenvalue weighted by atomic mass is 10.1. The number of nitrogens with two attached hydrogens (primary N) is 1. The van der Waals surface area contributed by atoms with E-state index in [0.717, 1.165) is 10.2 Å². The molecule has 0 saturated heterocycles. The van der Waals surface area contributed by atoms with Crippen molar-refractivity contribution in [3.05, 3.63) is 62.3 Å². The van der Waals surface area contributed by atoms with Gasteiger partial charge in [-0.1, -0.05) is 28.1 Å². The molecule has 0 saturated carbocycles. The van der Waals surface area contributed by atoms with Crippen molar-refractivity contribution >= 4 is 38.0 Å². The fraction of sp³-hybridized carbons (Fsp3) is 0.176. The Hall–Kier alpha value is -1.36. The number of halogens is 1. The monoisotopic (exact) mass is 361 g/mol. The SMILES string of the molecule is Cc1sc(CN)cc1COc1ccc2cc(Br)ccc2c1. The predicted octanol–water partition coefficient (Wildman–Crippen LogP) is 5.01. The van der Waals surface area contributed by atoms with Crippen molar-refractivity contribution in [2.75, 3.05) is 0 Å². The number of thiophene rings is 1. The Morgan fingerprint density at radius 2 is 1.86 bits per heavy atom. The summed E-state index contributed by atoms with van der Waals surface area (Å²) >= 11 is 5.23. The molecule has 0 bridgehead atoms. The zero-order chi connectivity index (χ0) is 14.8. The molecule has 0 amide bonds. The molecule has 0 aliphatic rings. The highest BCUT2D eigenvalue weighted by Crippen LogP contribution is 2.26. The quantitative estimate of drug-likeness (QED) is 0.708. The molecular weight excluding hydrogens is 346 g/mol. The van der Waals surface area contributed by atoms with E-state index in [2.05, 4.69) is 53.2 Å². The van der Waals surface area contributed by atoms with Crippen LogP contribution in [0, 0.1) is 6.92 Å². The first kappa shape index (κ1) is 14.6. The second-order valence-electron chi connectivity index (χ2n) is 4.94. The summed E-state index contributed by atoms with van der Waals surface area (Å²) in [6.07, 6.45) is 0. The fourth-order valence-electron chi connectivity index (χ4n) is 2.28. The van der Waals surface area contributed by atoms with Crippen LogP contribution in [0.5, 0.6) is 5.75 Å². The normalized spacial score (nSPS) is 11.0. The van der Waals surface area contributed by atoms with Gasteiger partial charge in [-0.25, -0.2) is 0 Å². The van der Waals surface area contributed by atoms with E-state index in [9.17, 15) is 0 Å². The number of aryl methyl sites for hydroxylation is 1. The third kappa shape index (κ3) is 3.28. The van der Waals surface area contributed by atoms with Gasteiger partial charge in [-0.05, 0) is 48.0 Å². The van der Waals surface area contributed by atoms with Gasteiger partial charge in [-0.15, -0.1) is 11.3 Å². The van der Waals surface area contributed by atoms with Crippen LogP contribution in [0.4, 0.5) is 0 Å². The van der Waals surface area contributed by atoms with Gasteiger partial charge in [-0.2, -0.15) is 0 Å². The topological polar surface area (TPSA) is 35.2 Å². The van der Waals surface area contributed by atoms with Crippen molar-refractivity contribution in [2.24, 2.45) is 5.73 Å². The smallest absolute Gasteiger partial charge is 0.120 e. The summed E-state index contributed by atoms with van der Waals surface area (Å²) in [5.41, 5.74) is 6.90. The molecule has 1 aromatic heterocycles. The molecular formula is C17H16BrNOS. The van der Waals surface area contributed by atoms with Crippen LogP contribution in [-0.4, -0.2) is 0 Å². The number of hydrogen-bond donors (Lipinski definition) is 1. The first-order chi connectivity index (χ1) is 10.2. The highest BCUT2D eigenvalue weighted by molar-refractivity contribution is 9.10. The van der Waals surface area contributed by atoms with Crippen LogP contribution in [0.15, 0.2) is 46.9 Å². The lowest BCUT2D eigenvalue weighted by molar-refractivity contribution is 0.306. The molecule has 2 nitrogen and oxygen atoms in total. The fourth-order valence-corrected chi connectivity index (χ4v) is 3.58. The van der Waals surface area contributed by atoms with Crippen molar-refractivity contribution in [3.63, 3.8) is 0 Å². The summed E-state index contributed by atoms with van der Waals surface area (Å²) in [5.74, 6) is 0.893. The molecule has 0 fully saturated rings. The Labute approximate surface area is 136 Å². The number of ether oxygens (including phenoxy) is 1. The molecule has 0 radical (unpaired) electrons. The summed E-state index contributed by atoms with van der Waals surface area (Å²) in [6, 6.07) is 14.6.